The Labute approximate surface area is 255 Å². The van der Waals surface area contributed by atoms with Gasteiger partial charge in [0.25, 0.3) is 0 Å². The normalized spacial score (nSPS) is 29.6. The summed E-state index contributed by atoms with van der Waals surface area (Å²) in [5.41, 5.74) is 6.19. The fraction of sp³-hybridized carbons (Fsp3) is 0.879. The van der Waals surface area contributed by atoms with E-state index in [0.717, 1.165) is 68.8 Å². The maximum Gasteiger partial charge on any atom is 0.226 e. The van der Waals surface area contributed by atoms with Crippen molar-refractivity contribution in [1.29, 1.82) is 0 Å². The van der Waals surface area contributed by atoms with Crippen LogP contribution in [0.25, 0.3) is 0 Å². The molecule has 0 spiro atoms. The van der Waals surface area contributed by atoms with E-state index in [0.29, 0.717) is 30.5 Å². The van der Waals surface area contributed by atoms with Crippen molar-refractivity contribution in [2.45, 2.75) is 96.8 Å². The Balaban J connectivity index is 0.942. The number of hydrogen-bond acceptors (Lipinski definition) is 8. The summed E-state index contributed by atoms with van der Waals surface area (Å²) < 4.78 is 17.9. The van der Waals surface area contributed by atoms with E-state index in [9.17, 15) is 4.57 Å². The molecule has 1 aromatic heterocycles. The minimum absolute atomic E-state index is 0.509. The second kappa shape index (κ2) is 15.6. The number of nitrogens with two attached hydrogens (primary N) is 1. The molecule has 4 atom stereocenters. The highest BCUT2D eigenvalue weighted by Crippen LogP contribution is 2.50. The maximum absolute atomic E-state index is 12.4. The van der Waals surface area contributed by atoms with Gasteiger partial charge in [-0.3, -0.25) is 9.46 Å². The molecule has 3 N–H and O–H groups in total. The lowest BCUT2D eigenvalue weighted by Gasteiger charge is -2.35. The number of nitrogens with zero attached hydrogens (tertiary/aromatic N) is 4. The molecular formula is C33H59N6O2P. The van der Waals surface area contributed by atoms with Crippen LogP contribution in [0, 0.1) is 29.6 Å². The molecule has 9 heteroatoms. The third-order valence-corrected chi connectivity index (χ3v) is 12.8. The van der Waals surface area contributed by atoms with Crippen molar-refractivity contribution >= 4 is 25.0 Å². The Morgan fingerprint density at radius 2 is 1.69 bits per heavy atom. The quantitative estimate of drug-likeness (QED) is 0.153. The molecule has 1 saturated heterocycles. The van der Waals surface area contributed by atoms with Crippen LogP contribution in [-0.4, -0.2) is 73.6 Å². The van der Waals surface area contributed by atoms with Gasteiger partial charge in [-0.2, -0.15) is 9.97 Å². The highest BCUT2D eigenvalue weighted by Gasteiger charge is 2.38. The second-order valence-corrected chi connectivity index (χ2v) is 16.9. The van der Waals surface area contributed by atoms with Crippen LogP contribution in [0.1, 0.15) is 96.8 Å². The second-order valence-electron chi connectivity index (χ2n) is 14.2. The lowest BCUT2D eigenvalue weighted by atomic mass is 9.79. The topological polar surface area (TPSA) is 96.6 Å². The minimum atomic E-state index is -2.48. The van der Waals surface area contributed by atoms with Crippen LogP contribution >= 0.6 is 7.37 Å². The summed E-state index contributed by atoms with van der Waals surface area (Å²) in [6.45, 7) is 9.50. The molecule has 2 unspecified atom stereocenters. The zero-order chi connectivity index (χ0) is 29.4. The first kappa shape index (κ1) is 32.0. The summed E-state index contributed by atoms with van der Waals surface area (Å²) >= 11 is 0. The average Bonchev–Trinajstić information content (AvgIpc) is 3.61. The zero-order valence-electron chi connectivity index (χ0n) is 26.7. The largest absolute Gasteiger partial charge is 0.383 e. The minimum Gasteiger partial charge on any atom is -0.383 e. The summed E-state index contributed by atoms with van der Waals surface area (Å²) in [7, 11) is -2.48. The van der Waals surface area contributed by atoms with Crippen LogP contribution in [0.3, 0.4) is 0 Å². The Bertz CT molecular complexity index is 1010. The van der Waals surface area contributed by atoms with Crippen LogP contribution in [0.15, 0.2) is 6.07 Å². The van der Waals surface area contributed by atoms with Crippen LogP contribution < -0.4 is 16.0 Å². The van der Waals surface area contributed by atoms with Gasteiger partial charge in [-0.05, 0) is 68.6 Å². The van der Waals surface area contributed by atoms with E-state index in [-0.39, 0.29) is 0 Å². The van der Waals surface area contributed by atoms with Crippen LogP contribution in [-0.2, 0) is 9.09 Å². The van der Waals surface area contributed by atoms with Crippen molar-refractivity contribution in [3.05, 3.63) is 6.07 Å². The predicted octanol–water partition coefficient (Wildman–Crippen LogP) is 7.12. The number of aromatic nitrogens is 2. The van der Waals surface area contributed by atoms with Crippen LogP contribution in [0.2, 0.25) is 0 Å². The van der Waals surface area contributed by atoms with Gasteiger partial charge in [-0.1, -0.05) is 57.8 Å². The van der Waals surface area contributed by atoms with Crippen LogP contribution in [0.4, 0.5) is 17.6 Å². The van der Waals surface area contributed by atoms with Gasteiger partial charge in [-0.25, -0.2) is 0 Å². The van der Waals surface area contributed by atoms with E-state index in [1.807, 2.05) is 13.0 Å². The number of rotatable bonds is 16. The lowest BCUT2D eigenvalue weighted by Crippen LogP contribution is -2.47. The maximum atomic E-state index is 12.4. The molecule has 3 saturated carbocycles. The Morgan fingerprint density at radius 1 is 0.952 bits per heavy atom. The highest BCUT2D eigenvalue weighted by atomic mass is 31.2. The van der Waals surface area contributed by atoms with E-state index >= 15 is 0 Å². The molecule has 4 fully saturated rings. The number of piperazine rings is 1. The highest BCUT2D eigenvalue weighted by molar-refractivity contribution is 7.58. The molecule has 0 radical (unpaired) electrons. The molecule has 1 aromatic rings. The van der Waals surface area contributed by atoms with Gasteiger partial charge in [0.15, 0.2) is 0 Å². The summed E-state index contributed by atoms with van der Waals surface area (Å²) in [4.78, 5) is 14.0. The van der Waals surface area contributed by atoms with Crippen molar-refractivity contribution in [3.63, 3.8) is 0 Å². The van der Waals surface area contributed by atoms with Crippen molar-refractivity contribution < 1.29 is 9.09 Å². The predicted molar refractivity (Wildman–Crippen MR) is 176 cm³/mol. The van der Waals surface area contributed by atoms with Crippen molar-refractivity contribution in [2.24, 2.45) is 29.6 Å². The summed E-state index contributed by atoms with van der Waals surface area (Å²) in [5.74, 6) is 7.02. The summed E-state index contributed by atoms with van der Waals surface area (Å²) in [6, 6.07) is 1.89. The van der Waals surface area contributed by atoms with E-state index in [4.69, 9.17) is 15.2 Å². The number of hydrogen-bond donors (Lipinski definition) is 2. The fourth-order valence-corrected chi connectivity index (χ4v) is 9.76. The SMILES string of the molecule is CCOP(C)(=O)CCN1CCN(c2cc(N)nc(NCC3CCC(CCCCCCC4C[C@@H]5CC[C@H]4C5)CC3)n2)CC1. The number of anilines is 3. The first-order valence-corrected chi connectivity index (χ1v) is 19.7. The third-order valence-electron chi connectivity index (χ3n) is 11.0. The molecule has 5 rings (SSSR count). The van der Waals surface area contributed by atoms with E-state index in [1.54, 1.807) is 25.9 Å². The van der Waals surface area contributed by atoms with Gasteiger partial charge < -0.3 is 20.5 Å². The Morgan fingerprint density at radius 3 is 2.38 bits per heavy atom. The third kappa shape index (κ3) is 9.56. The Kier molecular flexibility index (Phi) is 11.9. The first-order chi connectivity index (χ1) is 20.4. The monoisotopic (exact) mass is 602 g/mol. The lowest BCUT2D eigenvalue weighted by molar-refractivity contribution is 0.264. The molecule has 2 heterocycles. The Hall–Kier alpha value is -1.37. The van der Waals surface area contributed by atoms with E-state index < -0.39 is 7.37 Å². The smallest absolute Gasteiger partial charge is 0.226 e. The standard InChI is InChI=1S/C33H59N6O2P/c1-3-41-42(2,40)21-20-38-16-18-39(19-17-38)32-24-31(34)36-33(37-32)35-25-27-12-10-26(11-13-27)8-6-4-5-7-9-29-22-28-14-15-30(29)23-28/h24,26-30H,3-23,25H2,1-2H3,(H3,34,35,36,37)/t26?,27?,28-,29?,30-,42?/m0/s1. The number of fused-ring (bicyclic) bond motifs is 2. The van der Waals surface area contributed by atoms with E-state index in [1.165, 1.54) is 70.6 Å². The number of unbranched alkanes of at least 4 members (excludes halogenated alkanes) is 3. The zero-order valence-corrected chi connectivity index (χ0v) is 27.5. The molecule has 0 aromatic carbocycles. The van der Waals surface area contributed by atoms with Gasteiger partial charge in [0.05, 0.1) is 6.61 Å². The van der Waals surface area contributed by atoms with Crippen LogP contribution in [0.5, 0.6) is 0 Å². The van der Waals surface area contributed by atoms with Gasteiger partial charge in [0.2, 0.25) is 13.3 Å². The fourth-order valence-electron chi connectivity index (χ4n) is 8.44. The summed E-state index contributed by atoms with van der Waals surface area (Å²) in [5, 5.41) is 3.52. The number of nitrogens with one attached hydrogen (secondary N) is 1. The molecule has 4 aliphatic rings. The van der Waals surface area contributed by atoms with Crippen molar-refractivity contribution in [2.75, 3.05) is 74.7 Å². The molecule has 42 heavy (non-hydrogen) atoms. The molecule has 2 bridgehead atoms. The van der Waals surface area contributed by atoms with Gasteiger partial charge in [-0.15, -0.1) is 0 Å². The van der Waals surface area contributed by atoms with Crippen molar-refractivity contribution in [3.8, 4) is 0 Å². The van der Waals surface area contributed by atoms with Gasteiger partial charge in [0.1, 0.15) is 11.6 Å². The molecule has 1 aliphatic heterocycles. The van der Waals surface area contributed by atoms with E-state index in [2.05, 4.69) is 20.1 Å². The molecule has 238 valence electrons. The van der Waals surface area contributed by atoms with Gasteiger partial charge >= 0.3 is 0 Å². The molecular weight excluding hydrogens is 543 g/mol. The summed E-state index contributed by atoms with van der Waals surface area (Å²) in [6.07, 6.45) is 21.0. The number of nitrogen functional groups attached to an aromatic ring is 1. The van der Waals surface area contributed by atoms with Gasteiger partial charge in [0, 0.05) is 58.2 Å². The molecule has 8 nitrogen and oxygen atoms in total. The average molecular weight is 603 g/mol. The molecule has 3 aliphatic carbocycles. The molecule has 0 amide bonds. The first-order valence-electron chi connectivity index (χ1n) is 17.4. The van der Waals surface area contributed by atoms with Crippen molar-refractivity contribution in [1.82, 2.24) is 14.9 Å².